The van der Waals surface area contributed by atoms with Gasteiger partial charge in [-0.3, -0.25) is 0 Å². The number of hydrogen-bond donors (Lipinski definition) is 0. The highest BCUT2D eigenvalue weighted by Crippen LogP contribution is 2.45. The largest absolute Gasteiger partial charge is 0.322 e. The molecule has 0 bridgehead atoms. The predicted molar refractivity (Wildman–Crippen MR) is 100 cm³/mol. The van der Waals surface area contributed by atoms with Crippen LogP contribution in [0.4, 0.5) is 0 Å². The SMILES string of the molecule is [C-]#[N+]CCOP(OCCCCCCCCC)N(C(C)C)C(C)C. The molecule has 0 saturated carbocycles. The summed E-state index contributed by atoms with van der Waals surface area (Å²) in [7, 11) is -1.05. The molecule has 136 valence electrons. The van der Waals surface area contributed by atoms with E-state index in [-0.39, 0.29) is 0 Å². The Morgan fingerprint density at radius 3 is 1.91 bits per heavy atom. The van der Waals surface area contributed by atoms with Gasteiger partial charge in [-0.1, -0.05) is 45.4 Å². The lowest BCUT2D eigenvalue weighted by Crippen LogP contribution is -2.33. The second kappa shape index (κ2) is 15.3. The highest BCUT2D eigenvalue weighted by Gasteiger charge is 2.27. The summed E-state index contributed by atoms with van der Waals surface area (Å²) < 4.78 is 14.2. The van der Waals surface area contributed by atoms with Gasteiger partial charge in [-0.15, -0.1) is 0 Å². The van der Waals surface area contributed by atoms with E-state index < -0.39 is 8.53 Å². The molecule has 0 heterocycles. The van der Waals surface area contributed by atoms with Gasteiger partial charge in [0.15, 0.2) is 0 Å². The van der Waals surface area contributed by atoms with Gasteiger partial charge >= 0.3 is 0 Å². The first-order valence-corrected chi connectivity index (χ1v) is 10.3. The molecule has 0 aromatic carbocycles. The first-order chi connectivity index (χ1) is 11.0. The van der Waals surface area contributed by atoms with Gasteiger partial charge in [-0.2, -0.15) is 0 Å². The van der Waals surface area contributed by atoms with Crippen LogP contribution in [0.15, 0.2) is 0 Å². The van der Waals surface area contributed by atoms with Crippen LogP contribution in [0.25, 0.3) is 4.85 Å². The second-order valence-corrected chi connectivity index (χ2v) is 7.93. The number of unbranched alkanes of at least 4 members (excludes halogenated alkanes) is 6. The quantitative estimate of drug-likeness (QED) is 0.206. The van der Waals surface area contributed by atoms with E-state index in [1.165, 1.54) is 38.5 Å². The summed E-state index contributed by atoms with van der Waals surface area (Å²) in [6.45, 7) is 19.4. The van der Waals surface area contributed by atoms with Crippen molar-refractivity contribution in [3.63, 3.8) is 0 Å². The van der Waals surface area contributed by atoms with Crippen molar-refractivity contribution in [2.75, 3.05) is 19.8 Å². The minimum atomic E-state index is -1.05. The summed E-state index contributed by atoms with van der Waals surface area (Å²) in [5, 5.41) is 0. The molecular weight excluding hydrogens is 307 g/mol. The molecule has 0 aliphatic rings. The maximum atomic E-state index is 6.88. The second-order valence-electron chi connectivity index (χ2n) is 6.47. The standard InChI is InChI=1S/C18H37N2O2P/c1-7-8-9-10-11-12-13-15-21-23(22-16-14-19-6)20(17(2)3)18(4)5/h17-18H,7-16H2,1-5H3. The molecule has 1 unspecified atom stereocenters. The van der Waals surface area contributed by atoms with Crippen LogP contribution in [0.3, 0.4) is 0 Å². The monoisotopic (exact) mass is 344 g/mol. The lowest BCUT2D eigenvalue weighted by atomic mass is 10.1. The maximum absolute atomic E-state index is 6.88. The average Bonchev–Trinajstić information content (AvgIpc) is 2.49. The Morgan fingerprint density at radius 1 is 0.870 bits per heavy atom. The molecule has 0 spiro atoms. The van der Waals surface area contributed by atoms with Crippen molar-refractivity contribution in [2.45, 2.75) is 91.6 Å². The van der Waals surface area contributed by atoms with Crippen LogP contribution in [-0.4, -0.2) is 36.5 Å². The van der Waals surface area contributed by atoms with E-state index in [1.54, 1.807) is 0 Å². The molecule has 1 atom stereocenters. The first-order valence-electron chi connectivity index (χ1n) is 9.22. The Morgan fingerprint density at radius 2 is 1.39 bits per heavy atom. The molecule has 0 aliphatic carbocycles. The normalized spacial score (nSPS) is 13.0. The first kappa shape index (κ1) is 22.8. The van der Waals surface area contributed by atoms with E-state index in [4.69, 9.17) is 15.6 Å². The summed E-state index contributed by atoms with van der Waals surface area (Å²) >= 11 is 0. The van der Waals surface area contributed by atoms with E-state index >= 15 is 0 Å². The van der Waals surface area contributed by atoms with Gasteiger partial charge in [0.1, 0.15) is 6.61 Å². The molecule has 0 radical (unpaired) electrons. The molecule has 0 fully saturated rings. The summed E-state index contributed by atoms with van der Waals surface area (Å²) in [5.41, 5.74) is 0. The van der Waals surface area contributed by atoms with Gasteiger partial charge < -0.3 is 13.9 Å². The number of hydrogen-bond acceptors (Lipinski definition) is 3. The molecule has 0 aliphatic heterocycles. The van der Waals surface area contributed by atoms with E-state index in [1.807, 2.05) is 0 Å². The Balaban J connectivity index is 4.13. The predicted octanol–water partition coefficient (Wildman–Crippen LogP) is 6.04. The molecule has 23 heavy (non-hydrogen) atoms. The molecule has 4 nitrogen and oxygen atoms in total. The van der Waals surface area contributed by atoms with Crippen LogP contribution in [0.2, 0.25) is 0 Å². The number of rotatable bonds is 15. The topological polar surface area (TPSA) is 26.1 Å². The molecule has 0 rings (SSSR count). The summed E-state index contributed by atoms with van der Waals surface area (Å²) in [6.07, 6.45) is 8.99. The number of nitrogens with zero attached hydrogens (tertiary/aromatic N) is 2. The maximum Gasteiger partial charge on any atom is 0.259 e. The smallest absolute Gasteiger partial charge is 0.259 e. The summed E-state index contributed by atoms with van der Waals surface area (Å²) in [5.74, 6) is 0. The Kier molecular flexibility index (Phi) is 15.2. The highest BCUT2D eigenvalue weighted by molar-refractivity contribution is 7.44. The van der Waals surface area contributed by atoms with Crippen LogP contribution >= 0.6 is 8.53 Å². The third-order valence-corrected chi connectivity index (χ3v) is 5.71. The van der Waals surface area contributed by atoms with E-state index in [0.29, 0.717) is 25.2 Å². The third-order valence-electron chi connectivity index (χ3n) is 3.60. The van der Waals surface area contributed by atoms with Crippen molar-refractivity contribution in [1.82, 2.24) is 4.67 Å². The fourth-order valence-corrected chi connectivity index (χ4v) is 4.13. The van der Waals surface area contributed by atoms with Crippen LogP contribution in [0.5, 0.6) is 0 Å². The van der Waals surface area contributed by atoms with Gasteiger partial charge in [0.2, 0.25) is 6.54 Å². The molecule has 5 heteroatoms. The van der Waals surface area contributed by atoms with Crippen molar-refractivity contribution < 1.29 is 9.05 Å². The van der Waals surface area contributed by atoms with Crippen molar-refractivity contribution >= 4 is 8.53 Å². The molecule has 0 aromatic rings. The summed E-state index contributed by atoms with van der Waals surface area (Å²) in [6, 6.07) is 0.756. The van der Waals surface area contributed by atoms with Crippen LogP contribution in [0.1, 0.15) is 79.6 Å². The van der Waals surface area contributed by atoms with E-state index in [9.17, 15) is 0 Å². The van der Waals surface area contributed by atoms with Crippen LogP contribution in [0, 0.1) is 6.57 Å². The fraction of sp³-hybridized carbons (Fsp3) is 0.944. The molecule has 0 saturated heterocycles. The minimum absolute atomic E-state index is 0.378. The zero-order valence-corrected chi connectivity index (χ0v) is 16.8. The minimum Gasteiger partial charge on any atom is -0.322 e. The van der Waals surface area contributed by atoms with Gasteiger partial charge in [0, 0.05) is 12.1 Å². The third kappa shape index (κ3) is 11.9. The lowest BCUT2D eigenvalue weighted by Gasteiger charge is -2.35. The van der Waals surface area contributed by atoms with Crippen molar-refractivity contribution in [1.29, 1.82) is 0 Å². The van der Waals surface area contributed by atoms with E-state index in [0.717, 1.165) is 13.0 Å². The molecular formula is C18H37N2O2P. The molecule has 0 amide bonds. The zero-order valence-electron chi connectivity index (χ0n) is 15.9. The van der Waals surface area contributed by atoms with Gasteiger partial charge in [0.25, 0.3) is 8.53 Å². The van der Waals surface area contributed by atoms with Crippen molar-refractivity contribution in [3.8, 4) is 0 Å². The van der Waals surface area contributed by atoms with Crippen LogP contribution < -0.4 is 0 Å². The van der Waals surface area contributed by atoms with Gasteiger partial charge in [0.05, 0.1) is 6.61 Å². The fourth-order valence-electron chi connectivity index (χ4n) is 2.51. The Labute approximate surface area is 145 Å². The molecule has 0 aromatic heterocycles. The summed E-state index contributed by atoms with van der Waals surface area (Å²) in [4.78, 5) is 3.36. The Hall–Kier alpha value is -0.200. The van der Waals surface area contributed by atoms with E-state index in [2.05, 4.69) is 44.1 Å². The average molecular weight is 344 g/mol. The molecule has 0 N–H and O–H groups in total. The zero-order chi connectivity index (χ0) is 17.5. The van der Waals surface area contributed by atoms with Crippen LogP contribution in [-0.2, 0) is 9.05 Å². The van der Waals surface area contributed by atoms with Gasteiger partial charge in [-0.05, 0) is 34.1 Å². The van der Waals surface area contributed by atoms with Gasteiger partial charge in [-0.25, -0.2) is 11.2 Å². The van der Waals surface area contributed by atoms with Crippen molar-refractivity contribution in [3.05, 3.63) is 11.4 Å². The highest BCUT2D eigenvalue weighted by atomic mass is 31.2. The lowest BCUT2D eigenvalue weighted by molar-refractivity contribution is 0.176. The van der Waals surface area contributed by atoms with Crippen molar-refractivity contribution in [2.24, 2.45) is 0 Å². The Bertz CT molecular complexity index is 298.